The summed E-state index contributed by atoms with van der Waals surface area (Å²) in [5, 5.41) is 4.36. The Bertz CT molecular complexity index is 559. The quantitative estimate of drug-likeness (QED) is 0.819. The van der Waals surface area contributed by atoms with Crippen molar-refractivity contribution in [3.8, 4) is 5.75 Å². The fraction of sp³-hybridized carbons (Fsp3) is 0.538. The summed E-state index contributed by atoms with van der Waals surface area (Å²) in [7, 11) is 7.60. The summed E-state index contributed by atoms with van der Waals surface area (Å²) in [6.45, 7) is 1.64. The molecular weight excluding hydrogens is 256 g/mol. The van der Waals surface area contributed by atoms with Crippen molar-refractivity contribution >= 4 is 0 Å². The minimum atomic E-state index is -0.351. The van der Waals surface area contributed by atoms with E-state index in [1.54, 1.807) is 19.6 Å². The van der Waals surface area contributed by atoms with Gasteiger partial charge >= 0.3 is 0 Å². The summed E-state index contributed by atoms with van der Waals surface area (Å²) < 4.78 is 9.13. The van der Waals surface area contributed by atoms with Crippen molar-refractivity contribution in [2.45, 2.75) is 12.6 Å². The van der Waals surface area contributed by atoms with Crippen LogP contribution in [0.15, 0.2) is 18.7 Å². The van der Waals surface area contributed by atoms with Gasteiger partial charge in [-0.15, -0.1) is 0 Å². The van der Waals surface area contributed by atoms with Crippen LogP contribution in [0.25, 0.3) is 0 Å². The Hall–Kier alpha value is -1.86. The van der Waals surface area contributed by atoms with Gasteiger partial charge in [0.2, 0.25) is 0 Å². The highest BCUT2D eigenvalue weighted by molar-refractivity contribution is 5.33. The average molecular weight is 278 g/mol. The average Bonchev–Trinajstić information content (AvgIpc) is 3.01. The van der Waals surface area contributed by atoms with Gasteiger partial charge in [-0.05, 0) is 14.1 Å². The van der Waals surface area contributed by atoms with E-state index in [2.05, 4.69) is 15.0 Å². The van der Waals surface area contributed by atoms with E-state index < -0.39 is 0 Å². The first-order chi connectivity index (χ1) is 9.52. The molecule has 110 valence electrons. The van der Waals surface area contributed by atoms with Crippen molar-refractivity contribution < 1.29 is 4.74 Å². The largest absolute Gasteiger partial charge is 0.493 e. The van der Waals surface area contributed by atoms with Gasteiger partial charge < -0.3 is 19.9 Å². The molecule has 0 aromatic carbocycles. The van der Waals surface area contributed by atoms with Gasteiger partial charge in [-0.1, -0.05) is 0 Å². The third kappa shape index (κ3) is 3.00. The highest BCUT2D eigenvalue weighted by Crippen LogP contribution is 2.27. The van der Waals surface area contributed by atoms with Crippen LogP contribution in [-0.4, -0.2) is 52.0 Å². The lowest BCUT2D eigenvalue weighted by Gasteiger charge is -2.16. The highest BCUT2D eigenvalue weighted by atomic mass is 16.5. The molecule has 0 spiro atoms. The summed E-state index contributed by atoms with van der Waals surface area (Å²) in [6, 6.07) is -0.351. The minimum Gasteiger partial charge on any atom is -0.493 e. The molecule has 0 aliphatic carbocycles. The predicted octanol–water partition coefficient (Wildman–Crippen LogP) is 0.235. The third-order valence-corrected chi connectivity index (χ3v) is 3.16. The second-order valence-electron chi connectivity index (χ2n) is 5.07. The fourth-order valence-corrected chi connectivity index (χ4v) is 2.06. The Morgan fingerprint density at radius 1 is 1.45 bits per heavy atom. The zero-order valence-corrected chi connectivity index (χ0v) is 12.4. The molecule has 0 fully saturated rings. The highest BCUT2D eigenvalue weighted by Gasteiger charge is 2.22. The number of hydrogen-bond donors (Lipinski definition) is 1. The Kier molecular flexibility index (Phi) is 4.41. The third-order valence-electron chi connectivity index (χ3n) is 3.16. The SMILES string of the molecule is COc1cnn(CCN(C)C)c1C(N)c1cn(C)cn1. The monoisotopic (exact) mass is 278 g/mol. The van der Waals surface area contributed by atoms with Gasteiger partial charge in [-0.2, -0.15) is 5.10 Å². The molecule has 1 unspecified atom stereocenters. The molecule has 0 saturated heterocycles. The van der Waals surface area contributed by atoms with Crippen LogP contribution in [0, 0.1) is 0 Å². The number of methoxy groups -OCH3 is 1. The summed E-state index contributed by atoms with van der Waals surface area (Å²) in [4.78, 5) is 6.42. The van der Waals surface area contributed by atoms with Crippen molar-refractivity contribution in [2.24, 2.45) is 12.8 Å². The molecule has 2 N–H and O–H groups in total. The lowest BCUT2D eigenvalue weighted by atomic mass is 10.1. The van der Waals surface area contributed by atoms with Crippen molar-refractivity contribution in [2.75, 3.05) is 27.7 Å². The maximum Gasteiger partial charge on any atom is 0.161 e. The van der Waals surface area contributed by atoms with E-state index in [-0.39, 0.29) is 6.04 Å². The Labute approximate surface area is 119 Å². The molecular formula is C13H22N6O. The molecule has 2 heterocycles. The summed E-state index contributed by atoms with van der Waals surface area (Å²) in [5.74, 6) is 0.696. The van der Waals surface area contributed by atoms with Gasteiger partial charge in [0, 0.05) is 19.8 Å². The van der Waals surface area contributed by atoms with Crippen LogP contribution in [0.4, 0.5) is 0 Å². The zero-order chi connectivity index (χ0) is 14.7. The number of likely N-dealkylation sites (N-methyl/N-ethyl adjacent to an activating group) is 1. The lowest BCUT2D eigenvalue weighted by Crippen LogP contribution is -2.24. The summed E-state index contributed by atoms with van der Waals surface area (Å²) in [5.41, 5.74) is 7.99. The van der Waals surface area contributed by atoms with Gasteiger partial charge in [-0.3, -0.25) is 4.68 Å². The number of hydrogen-bond acceptors (Lipinski definition) is 5. The lowest BCUT2D eigenvalue weighted by molar-refractivity contribution is 0.363. The molecule has 2 rings (SSSR count). The first-order valence-corrected chi connectivity index (χ1v) is 6.50. The van der Waals surface area contributed by atoms with E-state index in [4.69, 9.17) is 10.5 Å². The normalized spacial score (nSPS) is 12.9. The van der Waals surface area contributed by atoms with Crippen molar-refractivity contribution in [3.63, 3.8) is 0 Å². The minimum absolute atomic E-state index is 0.351. The Morgan fingerprint density at radius 2 is 2.20 bits per heavy atom. The van der Waals surface area contributed by atoms with Crippen molar-refractivity contribution in [3.05, 3.63) is 30.1 Å². The van der Waals surface area contributed by atoms with Crippen molar-refractivity contribution in [1.29, 1.82) is 0 Å². The van der Waals surface area contributed by atoms with E-state index in [1.165, 1.54) is 0 Å². The fourth-order valence-electron chi connectivity index (χ4n) is 2.06. The van der Waals surface area contributed by atoms with Crippen LogP contribution < -0.4 is 10.5 Å². The van der Waals surface area contributed by atoms with E-state index in [9.17, 15) is 0 Å². The van der Waals surface area contributed by atoms with Gasteiger partial charge in [-0.25, -0.2) is 4.98 Å². The van der Waals surface area contributed by atoms with Crippen LogP contribution >= 0.6 is 0 Å². The van der Waals surface area contributed by atoms with Crippen LogP contribution in [0.3, 0.4) is 0 Å². The maximum absolute atomic E-state index is 6.33. The maximum atomic E-state index is 6.33. The second kappa shape index (κ2) is 6.06. The molecule has 1 atom stereocenters. The Morgan fingerprint density at radius 3 is 2.75 bits per heavy atom. The molecule has 0 amide bonds. The molecule has 0 aliphatic rings. The summed E-state index contributed by atoms with van der Waals surface area (Å²) >= 11 is 0. The van der Waals surface area contributed by atoms with Crippen LogP contribution in [0.5, 0.6) is 5.75 Å². The molecule has 0 saturated carbocycles. The second-order valence-corrected chi connectivity index (χ2v) is 5.07. The van der Waals surface area contributed by atoms with E-state index in [0.29, 0.717) is 5.75 Å². The zero-order valence-electron chi connectivity index (χ0n) is 12.4. The van der Waals surface area contributed by atoms with Gasteiger partial charge in [0.05, 0.1) is 37.9 Å². The molecule has 7 heteroatoms. The van der Waals surface area contributed by atoms with Crippen LogP contribution in [0.1, 0.15) is 17.4 Å². The Balaban J connectivity index is 2.30. The number of imidazole rings is 1. The number of nitrogens with zero attached hydrogens (tertiary/aromatic N) is 5. The topological polar surface area (TPSA) is 74.1 Å². The molecule has 20 heavy (non-hydrogen) atoms. The van der Waals surface area contributed by atoms with E-state index in [0.717, 1.165) is 24.5 Å². The van der Waals surface area contributed by atoms with Crippen LogP contribution in [0.2, 0.25) is 0 Å². The molecule has 0 radical (unpaired) electrons. The number of ether oxygens (including phenoxy) is 1. The first-order valence-electron chi connectivity index (χ1n) is 6.50. The van der Waals surface area contributed by atoms with Crippen LogP contribution in [-0.2, 0) is 13.6 Å². The smallest absolute Gasteiger partial charge is 0.161 e. The molecule has 0 bridgehead atoms. The molecule has 0 aliphatic heterocycles. The molecule has 2 aromatic heterocycles. The number of rotatable bonds is 6. The van der Waals surface area contributed by atoms with Gasteiger partial charge in [0.1, 0.15) is 5.69 Å². The summed E-state index contributed by atoms with van der Waals surface area (Å²) in [6.07, 6.45) is 5.35. The van der Waals surface area contributed by atoms with Gasteiger partial charge in [0.25, 0.3) is 0 Å². The van der Waals surface area contributed by atoms with Crippen molar-refractivity contribution in [1.82, 2.24) is 24.2 Å². The first kappa shape index (κ1) is 14.5. The standard InChI is InChI=1S/C13H22N6O/c1-17(2)5-6-19-13(11(20-4)7-16-19)12(14)10-8-18(3)9-15-10/h7-9,12H,5-6,14H2,1-4H3. The predicted molar refractivity (Wildman–Crippen MR) is 76.6 cm³/mol. The molecule has 2 aromatic rings. The van der Waals surface area contributed by atoms with E-state index >= 15 is 0 Å². The van der Waals surface area contributed by atoms with E-state index in [1.807, 2.05) is 36.6 Å². The molecule has 7 nitrogen and oxygen atoms in total. The number of aromatic nitrogens is 4. The number of aryl methyl sites for hydroxylation is 1. The van der Waals surface area contributed by atoms with Gasteiger partial charge in [0.15, 0.2) is 5.75 Å². The number of nitrogens with two attached hydrogens (primary N) is 1.